The van der Waals surface area contributed by atoms with Gasteiger partial charge in [0.15, 0.2) is 0 Å². The Kier molecular flexibility index (Phi) is 5.41. The van der Waals surface area contributed by atoms with Crippen molar-refractivity contribution in [2.75, 3.05) is 7.11 Å². The number of methoxy groups -OCH3 is 1. The van der Waals surface area contributed by atoms with E-state index in [1.807, 2.05) is 0 Å². The van der Waals surface area contributed by atoms with E-state index in [2.05, 4.69) is 44.2 Å². The van der Waals surface area contributed by atoms with E-state index in [0.717, 1.165) is 12.8 Å². The Bertz CT molecular complexity index is 261. The molecule has 84 valence electrons. The van der Waals surface area contributed by atoms with Gasteiger partial charge in [0.2, 0.25) is 0 Å². The third-order valence-corrected chi connectivity index (χ3v) is 2.75. The van der Waals surface area contributed by atoms with Gasteiger partial charge in [0.05, 0.1) is 6.10 Å². The minimum atomic E-state index is 0.365. The molecule has 0 amide bonds. The average Bonchev–Trinajstić information content (AvgIpc) is 2.24. The second-order valence-corrected chi connectivity index (χ2v) is 4.31. The Labute approximate surface area is 93.5 Å². The predicted molar refractivity (Wildman–Crippen MR) is 65.8 cm³/mol. The van der Waals surface area contributed by atoms with Gasteiger partial charge in [0, 0.05) is 7.11 Å². The Balaban J connectivity index is 2.29. The maximum absolute atomic E-state index is 5.20. The van der Waals surface area contributed by atoms with E-state index in [9.17, 15) is 0 Å². The molecule has 1 unspecified atom stereocenters. The van der Waals surface area contributed by atoms with E-state index in [0.29, 0.717) is 12.0 Å². The fourth-order valence-electron chi connectivity index (χ4n) is 1.65. The highest BCUT2D eigenvalue weighted by Crippen LogP contribution is 2.16. The highest BCUT2D eigenvalue weighted by Gasteiger charge is 2.01. The summed E-state index contributed by atoms with van der Waals surface area (Å²) < 4.78 is 5.20. The van der Waals surface area contributed by atoms with Gasteiger partial charge in [0.25, 0.3) is 0 Å². The van der Waals surface area contributed by atoms with Crippen molar-refractivity contribution in [1.29, 1.82) is 0 Å². The first-order valence-corrected chi connectivity index (χ1v) is 5.80. The van der Waals surface area contributed by atoms with E-state index in [-0.39, 0.29) is 0 Å². The number of hydrogen-bond acceptors (Lipinski definition) is 1. The van der Waals surface area contributed by atoms with Gasteiger partial charge in [-0.05, 0) is 37.7 Å². The molecule has 0 aromatic heterocycles. The quantitative estimate of drug-likeness (QED) is 0.663. The molecule has 0 N–H and O–H groups in total. The molecule has 0 bridgehead atoms. The Morgan fingerprint density at radius 2 is 2.40 bits per heavy atom. The van der Waals surface area contributed by atoms with Crippen molar-refractivity contribution in [3.8, 4) is 0 Å². The van der Waals surface area contributed by atoms with Crippen molar-refractivity contribution >= 4 is 0 Å². The lowest BCUT2D eigenvalue weighted by atomic mass is 9.97. The first-order valence-electron chi connectivity index (χ1n) is 5.80. The van der Waals surface area contributed by atoms with Crippen molar-refractivity contribution in [2.45, 2.75) is 39.2 Å². The molecule has 0 aromatic carbocycles. The molecule has 0 saturated heterocycles. The first-order chi connectivity index (χ1) is 7.22. The van der Waals surface area contributed by atoms with E-state index < -0.39 is 0 Å². The van der Waals surface area contributed by atoms with Gasteiger partial charge in [-0.25, -0.2) is 0 Å². The molecule has 2 atom stereocenters. The molecule has 15 heavy (non-hydrogen) atoms. The molecular weight excluding hydrogens is 184 g/mol. The Morgan fingerprint density at radius 3 is 3.07 bits per heavy atom. The van der Waals surface area contributed by atoms with Crippen molar-refractivity contribution in [3.05, 3.63) is 36.0 Å². The first kappa shape index (κ1) is 12.3. The van der Waals surface area contributed by atoms with Crippen LogP contribution < -0.4 is 0 Å². The number of ether oxygens (including phenoxy) is 1. The van der Waals surface area contributed by atoms with Gasteiger partial charge in [0.1, 0.15) is 0 Å². The van der Waals surface area contributed by atoms with Crippen LogP contribution in [0.25, 0.3) is 0 Å². The topological polar surface area (TPSA) is 9.23 Å². The molecule has 1 heteroatoms. The molecule has 0 saturated carbocycles. The molecule has 1 aliphatic rings. The zero-order valence-electron chi connectivity index (χ0n) is 10.1. The van der Waals surface area contributed by atoms with Gasteiger partial charge in [-0.15, -0.1) is 0 Å². The van der Waals surface area contributed by atoms with Crippen LogP contribution in [0.3, 0.4) is 0 Å². The highest BCUT2D eigenvalue weighted by atomic mass is 16.5. The van der Waals surface area contributed by atoms with Crippen LogP contribution in [0.15, 0.2) is 36.0 Å². The van der Waals surface area contributed by atoms with E-state index in [4.69, 9.17) is 4.74 Å². The molecule has 0 radical (unpaired) electrons. The lowest BCUT2D eigenvalue weighted by Crippen LogP contribution is -2.02. The minimum Gasteiger partial charge on any atom is -0.382 e. The summed E-state index contributed by atoms with van der Waals surface area (Å²) in [6.07, 6.45) is 15.0. The normalized spacial score (nSPS) is 23.1. The lowest BCUT2D eigenvalue weighted by molar-refractivity contribution is 0.112. The Hall–Kier alpha value is -0.820. The molecule has 0 aromatic rings. The summed E-state index contributed by atoms with van der Waals surface area (Å²) in [6.45, 7) is 4.36. The molecule has 1 rings (SSSR count). The second-order valence-electron chi connectivity index (χ2n) is 4.31. The molecule has 1 nitrogen and oxygen atoms in total. The Morgan fingerprint density at radius 1 is 1.60 bits per heavy atom. The van der Waals surface area contributed by atoms with E-state index >= 15 is 0 Å². The maximum atomic E-state index is 5.20. The largest absolute Gasteiger partial charge is 0.382 e. The van der Waals surface area contributed by atoms with Crippen molar-refractivity contribution < 1.29 is 4.74 Å². The van der Waals surface area contributed by atoms with Gasteiger partial charge >= 0.3 is 0 Å². The van der Waals surface area contributed by atoms with Crippen molar-refractivity contribution in [1.82, 2.24) is 0 Å². The fourth-order valence-corrected chi connectivity index (χ4v) is 1.65. The third-order valence-electron chi connectivity index (χ3n) is 2.75. The molecule has 0 heterocycles. The molecule has 0 spiro atoms. The van der Waals surface area contributed by atoms with E-state index in [1.165, 1.54) is 12.0 Å². The van der Waals surface area contributed by atoms with Crippen LogP contribution >= 0.6 is 0 Å². The zero-order chi connectivity index (χ0) is 11.1. The molecule has 1 aliphatic carbocycles. The average molecular weight is 206 g/mol. The van der Waals surface area contributed by atoms with Crippen molar-refractivity contribution in [3.63, 3.8) is 0 Å². The van der Waals surface area contributed by atoms with Gasteiger partial charge in [-0.2, -0.15) is 0 Å². The smallest absolute Gasteiger partial charge is 0.0546 e. The lowest BCUT2D eigenvalue weighted by Gasteiger charge is -2.09. The molecule has 0 aliphatic heterocycles. The summed E-state index contributed by atoms with van der Waals surface area (Å²) in [6, 6.07) is 0. The van der Waals surface area contributed by atoms with Crippen LogP contribution in [0.5, 0.6) is 0 Å². The van der Waals surface area contributed by atoms with Crippen LogP contribution in [0.4, 0.5) is 0 Å². The van der Waals surface area contributed by atoms with Crippen LogP contribution in [0, 0.1) is 5.92 Å². The maximum Gasteiger partial charge on any atom is 0.0546 e. The fraction of sp³-hybridized carbons (Fsp3) is 0.571. The summed E-state index contributed by atoms with van der Waals surface area (Å²) in [5.74, 6) is 0.688. The summed E-state index contributed by atoms with van der Waals surface area (Å²) in [5, 5.41) is 0. The highest BCUT2D eigenvalue weighted by molar-refractivity contribution is 5.33. The standard InChI is InChI=1S/C14H22O/c1-12-7-6-10-14(11-12)9-5-4-8-13(2)15-3/h5-6,9-13H,4,7-8H2,1-3H3/b9-5+/t12?,13-/m0/s1. The van der Waals surface area contributed by atoms with Crippen LogP contribution in [-0.2, 0) is 4.74 Å². The molecular formula is C14H22O. The predicted octanol–water partition coefficient (Wildman–Crippen LogP) is 3.88. The number of allylic oxidation sites excluding steroid dienone is 6. The summed E-state index contributed by atoms with van der Waals surface area (Å²) in [5.41, 5.74) is 1.35. The van der Waals surface area contributed by atoms with Gasteiger partial charge in [-0.3, -0.25) is 0 Å². The SMILES string of the molecule is CO[C@@H](C)CC/C=C/C1=CC(C)CC=C1. The summed E-state index contributed by atoms with van der Waals surface area (Å²) in [4.78, 5) is 0. The number of rotatable bonds is 5. The van der Waals surface area contributed by atoms with E-state index in [1.54, 1.807) is 7.11 Å². The monoisotopic (exact) mass is 206 g/mol. The second kappa shape index (κ2) is 6.62. The van der Waals surface area contributed by atoms with Crippen LogP contribution in [-0.4, -0.2) is 13.2 Å². The van der Waals surface area contributed by atoms with Crippen LogP contribution in [0.1, 0.15) is 33.1 Å². The summed E-state index contributed by atoms with van der Waals surface area (Å²) >= 11 is 0. The van der Waals surface area contributed by atoms with Gasteiger partial charge < -0.3 is 4.74 Å². The van der Waals surface area contributed by atoms with Crippen molar-refractivity contribution in [2.24, 2.45) is 5.92 Å². The minimum absolute atomic E-state index is 0.365. The third kappa shape index (κ3) is 4.98. The zero-order valence-corrected chi connectivity index (χ0v) is 10.1. The van der Waals surface area contributed by atoms with Gasteiger partial charge in [-0.1, -0.05) is 37.3 Å². The summed E-state index contributed by atoms with van der Waals surface area (Å²) in [7, 11) is 1.77. The number of hydrogen-bond donors (Lipinski definition) is 0. The van der Waals surface area contributed by atoms with Crippen LogP contribution in [0.2, 0.25) is 0 Å². The molecule has 0 fully saturated rings.